The van der Waals surface area contributed by atoms with Crippen LogP contribution in [0.5, 0.6) is 0 Å². The van der Waals surface area contributed by atoms with Gasteiger partial charge >= 0.3 is 6.09 Å². The predicted octanol–water partition coefficient (Wildman–Crippen LogP) is 1.54. The van der Waals surface area contributed by atoms with Crippen LogP contribution in [0.4, 0.5) is 4.79 Å². The van der Waals surface area contributed by atoms with Crippen molar-refractivity contribution in [1.82, 2.24) is 9.80 Å². The topological polar surface area (TPSA) is 32.8 Å². The summed E-state index contributed by atoms with van der Waals surface area (Å²) in [6.07, 6.45) is 0.602. The zero-order valence-corrected chi connectivity index (χ0v) is 9.54. The van der Waals surface area contributed by atoms with Gasteiger partial charge in [0.2, 0.25) is 0 Å². The Morgan fingerprint density at radius 2 is 1.86 bits per heavy atom. The maximum atomic E-state index is 11.3. The van der Waals surface area contributed by atoms with Crippen molar-refractivity contribution < 1.29 is 9.53 Å². The summed E-state index contributed by atoms with van der Waals surface area (Å²) in [5, 5.41) is 0. The molecule has 0 aromatic carbocycles. The van der Waals surface area contributed by atoms with Gasteiger partial charge in [0.05, 0.1) is 5.76 Å². The Morgan fingerprint density at radius 1 is 1.29 bits per heavy atom. The van der Waals surface area contributed by atoms with Crippen LogP contribution < -0.4 is 0 Å². The molecular formula is C10H20N2O2. The van der Waals surface area contributed by atoms with Gasteiger partial charge in [0.25, 0.3) is 0 Å². The van der Waals surface area contributed by atoms with Crippen molar-refractivity contribution in [2.45, 2.75) is 13.3 Å². The van der Waals surface area contributed by atoms with Crippen LogP contribution >= 0.6 is 0 Å². The number of hydrogen-bond acceptors (Lipinski definition) is 3. The number of carbonyl (C=O) groups excluding carboxylic acids is 1. The van der Waals surface area contributed by atoms with Crippen molar-refractivity contribution in [3.63, 3.8) is 0 Å². The van der Waals surface area contributed by atoms with E-state index in [-0.39, 0.29) is 6.09 Å². The van der Waals surface area contributed by atoms with E-state index in [0.29, 0.717) is 12.3 Å². The molecular weight excluding hydrogens is 180 g/mol. The van der Waals surface area contributed by atoms with Crippen molar-refractivity contribution in [3.05, 3.63) is 12.3 Å². The standard InChI is InChI=1S/C10H20N2O2/c1-9(2)14-10(13)12(5)8-6-7-11(3)4/h1,6-8H2,2-5H3. The molecule has 0 atom stereocenters. The Kier molecular flexibility index (Phi) is 5.95. The van der Waals surface area contributed by atoms with E-state index >= 15 is 0 Å². The second-order valence-corrected chi connectivity index (χ2v) is 3.65. The zero-order chi connectivity index (χ0) is 11.1. The highest BCUT2D eigenvalue weighted by molar-refractivity contribution is 5.68. The van der Waals surface area contributed by atoms with E-state index in [4.69, 9.17) is 4.74 Å². The summed E-state index contributed by atoms with van der Waals surface area (Å²) in [6.45, 7) is 6.83. The van der Waals surface area contributed by atoms with E-state index in [0.717, 1.165) is 13.0 Å². The van der Waals surface area contributed by atoms with E-state index in [1.807, 2.05) is 14.1 Å². The maximum absolute atomic E-state index is 11.3. The minimum atomic E-state index is -0.337. The molecule has 0 aromatic rings. The minimum absolute atomic E-state index is 0.337. The summed E-state index contributed by atoms with van der Waals surface area (Å²) in [6, 6.07) is 0. The van der Waals surface area contributed by atoms with Gasteiger partial charge in [-0.15, -0.1) is 0 Å². The van der Waals surface area contributed by atoms with Crippen LogP contribution in [0, 0.1) is 0 Å². The third-order valence-corrected chi connectivity index (χ3v) is 1.67. The predicted molar refractivity (Wildman–Crippen MR) is 57.1 cm³/mol. The van der Waals surface area contributed by atoms with Crippen molar-refractivity contribution in [2.75, 3.05) is 34.2 Å². The Labute approximate surface area is 86.1 Å². The average molecular weight is 200 g/mol. The summed E-state index contributed by atoms with van der Waals surface area (Å²) < 4.78 is 4.85. The van der Waals surface area contributed by atoms with Crippen LogP contribution in [-0.2, 0) is 4.74 Å². The summed E-state index contributed by atoms with van der Waals surface area (Å²) in [5.74, 6) is 0.425. The first kappa shape index (κ1) is 13.0. The number of ether oxygens (including phenoxy) is 1. The Morgan fingerprint density at radius 3 is 2.29 bits per heavy atom. The van der Waals surface area contributed by atoms with Gasteiger partial charge in [0, 0.05) is 13.6 Å². The fourth-order valence-corrected chi connectivity index (χ4v) is 0.942. The van der Waals surface area contributed by atoms with Crippen molar-refractivity contribution in [3.8, 4) is 0 Å². The lowest BCUT2D eigenvalue weighted by Gasteiger charge is -2.17. The normalized spacial score (nSPS) is 10.1. The highest BCUT2D eigenvalue weighted by Crippen LogP contribution is 1.98. The average Bonchev–Trinajstić information content (AvgIpc) is 2.01. The number of rotatable bonds is 5. The van der Waals surface area contributed by atoms with Crippen molar-refractivity contribution >= 4 is 6.09 Å². The fraction of sp³-hybridized carbons (Fsp3) is 0.700. The van der Waals surface area contributed by atoms with E-state index < -0.39 is 0 Å². The lowest BCUT2D eigenvalue weighted by atomic mass is 10.4. The highest BCUT2D eigenvalue weighted by atomic mass is 16.6. The Hall–Kier alpha value is -1.03. The number of hydrogen-bond donors (Lipinski definition) is 0. The molecule has 0 N–H and O–H groups in total. The van der Waals surface area contributed by atoms with Crippen molar-refractivity contribution in [2.24, 2.45) is 0 Å². The molecule has 0 unspecified atom stereocenters. The van der Waals surface area contributed by atoms with Gasteiger partial charge in [0.15, 0.2) is 0 Å². The molecule has 0 aliphatic carbocycles. The molecule has 0 rings (SSSR count). The number of allylic oxidation sites excluding steroid dienone is 1. The third kappa shape index (κ3) is 6.48. The summed E-state index contributed by atoms with van der Waals surface area (Å²) in [5.41, 5.74) is 0. The molecule has 0 saturated carbocycles. The Balaban J connectivity index is 3.67. The molecule has 0 aromatic heterocycles. The van der Waals surface area contributed by atoms with Gasteiger partial charge in [-0.25, -0.2) is 4.79 Å². The SMILES string of the molecule is C=C(C)OC(=O)N(C)CCCN(C)C. The van der Waals surface area contributed by atoms with Gasteiger partial charge in [0.1, 0.15) is 0 Å². The van der Waals surface area contributed by atoms with Crippen LogP contribution in [0.15, 0.2) is 12.3 Å². The molecule has 0 spiro atoms. The largest absolute Gasteiger partial charge is 0.416 e. The van der Waals surface area contributed by atoms with Gasteiger partial charge in [-0.3, -0.25) is 0 Å². The van der Waals surface area contributed by atoms with Crippen LogP contribution in [0.2, 0.25) is 0 Å². The second kappa shape index (κ2) is 6.43. The number of amides is 1. The van der Waals surface area contributed by atoms with E-state index in [1.165, 1.54) is 0 Å². The molecule has 82 valence electrons. The first-order valence-corrected chi connectivity index (χ1v) is 4.66. The molecule has 4 nitrogen and oxygen atoms in total. The van der Waals surface area contributed by atoms with Gasteiger partial charge in [-0.2, -0.15) is 0 Å². The van der Waals surface area contributed by atoms with Gasteiger partial charge in [-0.1, -0.05) is 6.58 Å². The molecule has 4 heteroatoms. The van der Waals surface area contributed by atoms with E-state index in [1.54, 1.807) is 18.9 Å². The quantitative estimate of drug-likeness (QED) is 0.631. The molecule has 0 heterocycles. The van der Waals surface area contributed by atoms with Crippen LogP contribution in [0.3, 0.4) is 0 Å². The molecule has 1 amide bonds. The highest BCUT2D eigenvalue weighted by Gasteiger charge is 2.09. The first-order valence-electron chi connectivity index (χ1n) is 4.66. The Bertz CT molecular complexity index is 202. The van der Waals surface area contributed by atoms with Crippen LogP contribution in [0.25, 0.3) is 0 Å². The fourth-order valence-electron chi connectivity index (χ4n) is 0.942. The summed E-state index contributed by atoms with van der Waals surface area (Å²) in [7, 11) is 5.74. The van der Waals surface area contributed by atoms with E-state index in [9.17, 15) is 4.79 Å². The van der Waals surface area contributed by atoms with Gasteiger partial charge in [-0.05, 0) is 34.0 Å². The smallest absolute Gasteiger partial charge is 0.414 e. The van der Waals surface area contributed by atoms with Crippen LogP contribution in [-0.4, -0.2) is 50.1 Å². The molecule has 0 aliphatic heterocycles. The molecule has 0 aliphatic rings. The third-order valence-electron chi connectivity index (χ3n) is 1.67. The first-order chi connectivity index (χ1) is 6.43. The molecule has 14 heavy (non-hydrogen) atoms. The lowest BCUT2D eigenvalue weighted by molar-refractivity contribution is 0.137. The zero-order valence-electron chi connectivity index (χ0n) is 9.54. The number of nitrogens with zero attached hydrogens (tertiary/aromatic N) is 2. The monoisotopic (exact) mass is 200 g/mol. The summed E-state index contributed by atoms with van der Waals surface area (Å²) >= 11 is 0. The van der Waals surface area contributed by atoms with Gasteiger partial charge < -0.3 is 14.5 Å². The molecule has 0 bridgehead atoms. The minimum Gasteiger partial charge on any atom is -0.416 e. The van der Waals surface area contributed by atoms with Crippen LogP contribution in [0.1, 0.15) is 13.3 Å². The van der Waals surface area contributed by atoms with E-state index in [2.05, 4.69) is 11.5 Å². The number of carbonyl (C=O) groups is 1. The molecule has 0 fully saturated rings. The second-order valence-electron chi connectivity index (χ2n) is 3.65. The lowest BCUT2D eigenvalue weighted by Crippen LogP contribution is -2.29. The maximum Gasteiger partial charge on any atom is 0.414 e. The van der Waals surface area contributed by atoms with Crippen molar-refractivity contribution in [1.29, 1.82) is 0 Å². The summed E-state index contributed by atoms with van der Waals surface area (Å²) in [4.78, 5) is 14.9. The molecule has 0 radical (unpaired) electrons. The molecule has 0 saturated heterocycles.